The van der Waals surface area contributed by atoms with E-state index in [2.05, 4.69) is 5.32 Å². The molecule has 0 amide bonds. The quantitative estimate of drug-likeness (QED) is 0.812. The summed E-state index contributed by atoms with van der Waals surface area (Å²) in [7, 11) is 0. The van der Waals surface area contributed by atoms with E-state index in [1.807, 2.05) is 0 Å². The van der Waals surface area contributed by atoms with E-state index in [0.29, 0.717) is 0 Å². The van der Waals surface area contributed by atoms with Gasteiger partial charge in [0.25, 0.3) is 0 Å². The molecule has 0 aliphatic rings. The van der Waals surface area contributed by atoms with Gasteiger partial charge in [0.1, 0.15) is 11.9 Å². The van der Waals surface area contributed by atoms with Gasteiger partial charge < -0.3 is 5.32 Å². The average molecular weight is 256 g/mol. The fourth-order valence-electron chi connectivity index (χ4n) is 1.32. The maximum absolute atomic E-state index is 13.0. The summed E-state index contributed by atoms with van der Waals surface area (Å²) in [4.78, 5) is 0. The SMILES string of the molecule is CCNC(c1ccc(Cl)c(F)c1)C(F)(F)F. The fourth-order valence-corrected chi connectivity index (χ4v) is 1.44. The molecule has 0 saturated heterocycles. The molecule has 1 rings (SSSR count). The molecule has 0 heterocycles. The molecule has 1 atom stereocenters. The average Bonchev–Trinajstić information content (AvgIpc) is 2.17. The zero-order chi connectivity index (χ0) is 12.3. The van der Waals surface area contributed by atoms with E-state index < -0.39 is 18.0 Å². The minimum Gasteiger partial charge on any atom is -0.303 e. The van der Waals surface area contributed by atoms with Crippen LogP contribution in [0.15, 0.2) is 18.2 Å². The molecule has 1 aromatic rings. The highest BCUT2D eigenvalue weighted by molar-refractivity contribution is 6.30. The summed E-state index contributed by atoms with van der Waals surface area (Å²) in [5, 5.41) is 2.06. The number of nitrogens with one attached hydrogen (secondary N) is 1. The highest BCUT2D eigenvalue weighted by Gasteiger charge is 2.40. The number of halogens is 5. The maximum atomic E-state index is 13.0. The highest BCUT2D eigenvalue weighted by atomic mass is 35.5. The van der Waals surface area contributed by atoms with Gasteiger partial charge in [0, 0.05) is 0 Å². The zero-order valence-electron chi connectivity index (χ0n) is 8.41. The van der Waals surface area contributed by atoms with Crippen LogP contribution >= 0.6 is 11.6 Å². The lowest BCUT2D eigenvalue weighted by molar-refractivity contribution is -0.157. The van der Waals surface area contributed by atoms with Crippen molar-refractivity contribution in [3.05, 3.63) is 34.6 Å². The van der Waals surface area contributed by atoms with Crippen LogP contribution in [0.2, 0.25) is 5.02 Å². The smallest absolute Gasteiger partial charge is 0.303 e. The molecule has 0 aromatic heterocycles. The molecular weight excluding hydrogens is 246 g/mol. The first-order valence-electron chi connectivity index (χ1n) is 4.61. The summed E-state index contributed by atoms with van der Waals surface area (Å²) in [6, 6.07) is 1.20. The van der Waals surface area contributed by atoms with Crippen molar-refractivity contribution in [2.45, 2.75) is 19.1 Å². The van der Waals surface area contributed by atoms with Gasteiger partial charge in [-0.15, -0.1) is 0 Å². The van der Waals surface area contributed by atoms with Gasteiger partial charge in [-0.05, 0) is 24.2 Å². The molecule has 6 heteroatoms. The van der Waals surface area contributed by atoms with Crippen LogP contribution in [-0.4, -0.2) is 12.7 Å². The molecule has 0 radical (unpaired) electrons. The summed E-state index contributed by atoms with van der Waals surface area (Å²) in [6.45, 7) is 1.68. The van der Waals surface area contributed by atoms with Crippen LogP contribution in [0.1, 0.15) is 18.5 Å². The highest BCUT2D eigenvalue weighted by Crippen LogP contribution is 2.33. The van der Waals surface area contributed by atoms with Crippen molar-refractivity contribution in [2.75, 3.05) is 6.54 Å². The summed E-state index contributed by atoms with van der Waals surface area (Å²) in [6.07, 6.45) is -4.46. The van der Waals surface area contributed by atoms with Crippen LogP contribution in [0.5, 0.6) is 0 Å². The second-order valence-corrected chi connectivity index (χ2v) is 3.61. The van der Waals surface area contributed by atoms with E-state index in [4.69, 9.17) is 11.6 Å². The van der Waals surface area contributed by atoms with Gasteiger partial charge in [0.05, 0.1) is 5.02 Å². The van der Waals surface area contributed by atoms with Crippen molar-refractivity contribution >= 4 is 11.6 Å². The van der Waals surface area contributed by atoms with Gasteiger partial charge in [-0.25, -0.2) is 4.39 Å². The first kappa shape index (κ1) is 13.3. The van der Waals surface area contributed by atoms with Crippen LogP contribution in [0.25, 0.3) is 0 Å². The van der Waals surface area contributed by atoms with E-state index in [-0.39, 0.29) is 17.1 Å². The van der Waals surface area contributed by atoms with Crippen LogP contribution in [0.3, 0.4) is 0 Å². The molecular formula is C10H10ClF4N. The van der Waals surface area contributed by atoms with E-state index in [1.165, 1.54) is 0 Å². The van der Waals surface area contributed by atoms with Gasteiger partial charge in [-0.2, -0.15) is 13.2 Å². The Hall–Kier alpha value is -0.810. The molecule has 0 aliphatic carbocycles. The molecule has 1 N–H and O–H groups in total. The Morgan fingerprint density at radius 2 is 2.00 bits per heavy atom. The Morgan fingerprint density at radius 1 is 1.38 bits per heavy atom. The first-order valence-corrected chi connectivity index (χ1v) is 4.99. The fraction of sp³-hybridized carbons (Fsp3) is 0.400. The summed E-state index contributed by atoms with van der Waals surface area (Å²) >= 11 is 5.40. The molecule has 1 nitrogen and oxygen atoms in total. The normalized spacial score (nSPS) is 13.9. The van der Waals surface area contributed by atoms with Gasteiger partial charge in [0.2, 0.25) is 0 Å². The van der Waals surface area contributed by atoms with Gasteiger partial charge in [0.15, 0.2) is 0 Å². The van der Waals surface area contributed by atoms with E-state index in [9.17, 15) is 17.6 Å². The van der Waals surface area contributed by atoms with Crippen molar-refractivity contribution in [1.82, 2.24) is 5.32 Å². The number of hydrogen-bond acceptors (Lipinski definition) is 1. The number of hydrogen-bond donors (Lipinski definition) is 1. The topological polar surface area (TPSA) is 12.0 Å². The second-order valence-electron chi connectivity index (χ2n) is 3.21. The lowest BCUT2D eigenvalue weighted by Gasteiger charge is -2.21. The largest absolute Gasteiger partial charge is 0.407 e. The predicted molar refractivity (Wildman–Crippen MR) is 53.9 cm³/mol. The van der Waals surface area contributed by atoms with Crippen LogP contribution in [0, 0.1) is 5.82 Å². The number of alkyl halides is 3. The Morgan fingerprint density at radius 3 is 2.44 bits per heavy atom. The molecule has 0 bridgehead atoms. The molecule has 16 heavy (non-hydrogen) atoms. The predicted octanol–water partition coefficient (Wildman–Crippen LogP) is 3.69. The monoisotopic (exact) mass is 255 g/mol. The standard InChI is InChI=1S/C10H10ClF4N/c1-2-16-9(10(13,14)15)6-3-4-7(11)8(12)5-6/h3-5,9,16H,2H2,1H3. The third-order valence-corrected chi connectivity index (χ3v) is 2.32. The molecule has 0 aliphatic heterocycles. The summed E-state index contributed by atoms with van der Waals surface area (Å²) < 4.78 is 50.9. The van der Waals surface area contributed by atoms with Crippen molar-refractivity contribution in [3.8, 4) is 0 Å². The maximum Gasteiger partial charge on any atom is 0.407 e. The lowest BCUT2D eigenvalue weighted by atomic mass is 10.1. The molecule has 1 aromatic carbocycles. The third kappa shape index (κ3) is 3.09. The Bertz CT molecular complexity index is 364. The molecule has 1 unspecified atom stereocenters. The van der Waals surface area contributed by atoms with Crippen LogP contribution in [-0.2, 0) is 0 Å². The molecule has 0 spiro atoms. The van der Waals surface area contributed by atoms with Crippen LogP contribution < -0.4 is 5.32 Å². The van der Waals surface area contributed by atoms with Gasteiger partial charge in [-0.1, -0.05) is 24.6 Å². The summed E-state index contributed by atoms with van der Waals surface area (Å²) in [5.41, 5.74) is -0.184. The molecule has 0 saturated carbocycles. The molecule has 90 valence electrons. The van der Waals surface area contributed by atoms with Crippen molar-refractivity contribution in [3.63, 3.8) is 0 Å². The zero-order valence-corrected chi connectivity index (χ0v) is 9.16. The van der Waals surface area contributed by atoms with Crippen LogP contribution in [0.4, 0.5) is 17.6 Å². The summed E-state index contributed by atoms with van der Waals surface area (Å²) in [5.74, 6) is -0.855. The lowest BCUT2D eigenvalue weighted by Crippen LogP contribution is -2.34. The minimum absolute atomic E-state index is 0.133. The van der Waals surface area contributed by atoms with E-state index >= 15 is 0 Å². The Kier molecular flexibility index (Phi) is 4.15. The number of benzene rings is 1. The van der Waals surface area contributed by atoms with Crippen molar-refractivity contribution in [1.29, 1.82) is 0 Å². The van der Waals surface area contributed by atoms with Crippen molar-refractivity contribution in [2.24, 2.45) is 0 Å². The minimum atomic E-state index is -4.46. The van der Waals surface area contributed by atoms with Crippen molar-refractivity contribution < 1.29 is 17.6 Å². The first-order chi connectivity index (χ1) is 7.36. The van der Waals surface area contributed by atoms with E-state index in [1.54, 1.807) is 6.92 Å². The Balaban J connectivity index is 3.06. The molecule has 0 fully saturated rings. The van der Waals surface area contributed by atoms with Gasteiger partial charge >= 0.3 is 6.18 Å². The second kappa shape index (κ2) is 5.01. The Labute approximate surface area is 95.4 Å². The third-order valence-electron chi connectivity index (χ3n) is 2.01. The van der Waals surface area contributed by atoms with E-state index in [0.717, 1.165) is 18.2 Å². The number of rotatable bonds is 3. The van der Waals surface area contributed by atoms with Gasteiger partial charge in [-0.3, -0.25) is 0 Å².